The number of rotatable bonds is 7. The number of hydrogen-bond acceptors (Lipinski definition) is 5. The van der Waals surface area contributed by atoms with E-state index in [1.165, 1.54) is 12.1 Å². The highest BCUT2D eigenvalue weighted by Gasteiger charge is 2.27. The molecule has 29 heavy (non-hydrogen) atoms. The van der Waals surface area contributed by atoms with Crippen LogP contribution in [0.2, 0.25) is 5.02 Å². The Bertz CT molecular complexity index is 989. The Labute approximate surface area is 175 Å². The molecule has 1 fully saturated rings. The van der Waals surface area contributed by atoms with Crippen LogP contribution < -0.4 is 4.72 Å². The summed E-state index contributed by atoms with van der Waals surface area (Å²) in [6.07, 6.45) is 1.70. The Balaban J connectivity index is 1.56. The minimum absolute atomic E-state index is 0.191. The second kappa shape index (κ2) is 9.21. The third-order valence-electron chi connectivity index (χ3n) is 5.22. The van der Waals surface area contributed by atoms with Gasteiger partial charge in [0.2, 0.25) is 10.0 Å². The number of piperidine rings is 1. The number of sulfonamides is 1. The van der Waals surface area contributed by atoms with Crippen molar-refractivity contribution >= 4 is 27.3 Å². The van der Waals surface area contributed by atoms with Crippen molar-refractivity contribution in [1.82, 2.24) is 9.62 Å². The molecule has 0 atom stereocenters. The molecule has 0 spiro atoms. The van der Waals surface area contributed by atoms with Gasteiger partial charge in [0.25, 0.3) is 5.69 Å². The molecule has 156 valence electrons. The number of likely N-dealkylation sites (tertiary alicyclic amines) is 1. The van der Waals surface area contributed by atoms with Crippen LogP contribution in [0, 0.1) is 23.0 Å². The zero-order valence-electron chi connectivity index (χ0n) is 16.2. The summed E-state index contributed by atoms with van der Waals surface area (Å²) in [5.41, 5.74) is 1.33. The van der Waals surface area contributed by atoms with Gasteiger partial charge in [-0.15, -0.1) is 0 Å². The molecular weight excluding hydrogens is 414 g/mol. The fourth-order valence-electron chi connectivity index (χ4n) is 3.52. The first-order chi connectivity index (χ1) is 13.8. The number of nitro benzene ring substituents is 1. The summed E-state index contributed by atoms with van der Waals surface area (Å²) in [6.45, 7) is 4.43. The van der Waals surface area contributed by atoms with E-state index < -0.39 is 20.6 Å². The first kappa shape index (κ1) is 21.7. The summed E-state index contributed by atoms with van der Waals surface area (Å²) < 4.78 is 27.8. The van der Waals surface area contributed by atoms with Crippen molar-refractivity contribution in [3.8, 4) is 0 Å². The van der Waals surface area contributed by atoms with Crippen LogP contribution in [0.25, 0.3) is 0 Å². The average molecular weight is 438 g/mol. The lowest BCUT2D eigenvalue weighted by atomic mass is 9.97. The van der Waals surface area contributed by atoms with Gasteiger partial charge in [-0.3, -0.25) is 15.0 Å². The maximum atomic E-state index is 12.6. The number of aryl methyl sites for hydroxylation is 1. The number of halogens is 1. The van der Waals surface area contributed by atoms with Crippen LogP contribution in [-0.4, -0.2) is 37.9 Å². The van der Waals surface area contributed by atoms with Crippen LogP contribution in [0.5, 0.6) is 0 Å². The number of hydrogen-bond donors (Lipinski definition) is 1. The monoisotopic (exact) mass is 437 g/mol. The zero-order valence-corrected chi connectivity index (χ0v) is 17.7. The van der Waals surface area contributed by atoms with Crippen LogP contribution in [0.1, 0.15) is 24.0 Å². The molecule has 0 radical (unpaired) electrons. The second-order valence-corrected chi connectivity index (χ2v) is 9.53. The van der Waals surface area contributed by atoms with E-state index in [1.807, 2.05) is 24.3 Å². The van der Waals surface area contributed by atoms with Crippen molar-refractivity contribution < 1.29 is 13.3 Å². The highest BCUT2D eigenvalue weighted by Crippen LogP contribution is 2.26. The van der Waals surface area contributed by atoms with E-state index in [-0.39, 0.29) is 17.4 Å². The molecule has 1 N–H and O–H groups in total. The predicted octanol–water partition coefficient (Wildman–Crippen LogP) is 3.75. The van der Waals surface area contributed by atoms with Crippen molar-refractivity contribution in [2.75, 3.05) is 19.6 Å². The molecule has 0 saturated carbocycles. The van der Waals surface area contributed by atoms with Gasteiger partial charge < -0.3 is 0 Å². The van der Waals surface area contributed by atoms with E-state index in [2.05, 4.69) is 9.62 Å². The third-order valence-corrected chi connectivity index (χ3v) is 7.06. The maximum Gasteiger partial charge on any atom is 0.289 e. The number of nitrogens with zero attached hydrogens (tertiary/aromatic N) is 2. The summed E-state index contributed by atoms with van der Waals surface area (Å²) in [5.74, 6) is 0.191. The molecule has 0 unspecified atom stereocenters. The van der Waals surface area contributed by atoms with Gasteiger partial charge in [-0.1, -0.05) is 35.9 Å². The molecule has 1 aliphatic rings. The summed E-state index contributed by atoms with van der Waals surface area (Å²) in [4.78, 5) is 12.6. The maximum absolute atomic E-state index is 12.6. The summed E-state index contributed by atoms with van der Waals surface area (Å²) in [5, 5.41) is 12.0. The predicted molar refractivity (Wildman–Crippen MR) is 112 cm³/mol. The smallest absolute Gasteiger partial charge is 0.289 e. The summed E-state index contributed by atoms with van der Waals surface area (Å²) >= 11 is 6.22. The third kappa shape index (κ3) is 5.54. The van der Waals surface area contributed by atoms with Gasteiger partial charge in [0.1, 0.15) is 0 Å². The van der Waals surface area contributed by atoms with Gasteiger partial charge in [0, 0.05) is 24.2 Å². The Hall–Kier alpha value is -2.00. The fraction of sp³-hybridized carbons (Fsp3) is 0.400. The molecule has 1 heterocycles. The van der Waals surface area contributed by atoms with Crippen molar-refractivity contribution in [3.63, 3.8) is 0 Å². The van der Waals surface area contributed by atoms with Gasteiger partial charge in [-0.05, 0) is 62.0 Å². The molecule has 1 saturated heterocycles. The van der Waals surface area contributed by atoms with Crippen LogP contribution >= 0.6 is 11.6 Å². The summed E-state index contributed by atoms with van der Waals surface area (Å²) in [6, 6.07) is 11.9. The van der Waals surface area contributed by atoms with Crippen LogP contribution in [0.4, 0.5) is 5.69 Å². The van der Waals surface area contributed by atoms with Gasteiger partial charge in [-0.25, -0.2) is 13.1 Å². The molecule has 7 nitrogen and oxygen atoms in total. The number of nitrogens with one attached hydrogen (secondary N) is 1. The first-order valence-corrected chi connectivity index (χ1v) is 11.3. The van der Waals surface area contributed by atoms with Gasteiger partial charge in [-0.2, -0.15) is 0 Å². The molecule has 9 heteroatoms. The lowest BCUT2D eigenvalue weighted by Crippen LogP contribution is -2.38. The normalized spacial score (nSPS) is 16.1. The number of nitro groups is 1. The van der Waals surface area contributed by atoms with Gasteiger partial charge >= 0.3 is 0 Å². The minimum Gasteiger partial charge on any atom is -0.299 e. The quantitative estimate of drug-likeness (QED) is 0.526. The Morgan fingerprint density at radius 3 is 2.55 bits per heavy atom. The van der Waals surface area contributed by atoms with Gasteiger partial charge in [0.15, 0.2) is 4.90 Å². The van der Waals surface area contributed by atoms with Gasteiger partial charge in [0.05, 0.1) is 4.92 Å². The van der Waals surface area contributed by atoms with Crippen molar-refractivity contribution in [3.05, 3.63) is 68.7 Å². The molecule has 0 bridgehead atoms. The molecular formula is C20H24ClN3O4S. The van der Waals surface area contributed by atoms with Crippen LogP contribution in [0.3, 0.4) is 0 Å². The van der Waals surface area contributed by atoms with E-state index in [0.29, 0.717) is 5.56 Å². The van der Waals surface area contributed by atoms with Crippen LogP contribution in [-0.2, 0) is 16.6 Å². The van der Waals surface area contributed by atoms with E-state index in [0.717, 1.165) is 43.1 Å². The Morgan fingerprint density at radius 1 is 1.21 bits per heavy atom. The van der Waals surface area contributed by atoms with Crippen molar-refractivity contribution in [2.24, 2.45) is 5.92 Å². The molecule has 0 amide bonds. The molecule has 0 aromatic heterocycles. The highest BCUT2D eigenvalue weighted by atomic mass is 35.5. The highest BCUT2D eigenvalue weighted by molar-refractivity contribution is 7.89. The molecule has 2 aromatic rings. The van der Waals surface area contributed by atoms with E-state index in [1.54, 1.807) is 13.0 Å². The standard InChI is InChI=1S/C20H24ClN3O4S/c1-15-6-7-20(19(12-15)24(25)26)29(27,28)22-13-16-8-10-23(11-9-16)14-17-4-2-3-5-18(17)21/h2-7,12,16,22H,8-11,13-14H2,1H3. The lowest BCUT2D eigenvalue weighted by molar-refractivity contribution is -0.387. The first-order valence-electron chi connectivity index (χ1n) is 9.47. The molecule has 0 aliphatic carbocycles. The van der Waals surface area contributed by atoms with Crippen molar-refractivity contribution in [2.45, 2.75) is 31.2 Å². The number of benzene rings is 2. The average Bonchev–Trinajstić information content (AvgIpc) is 2.69. The molecule has 1 aliphatic heterocycles. The fourth-order valence-corrected chi connectivity index (χ4v) is 4.98. The van der Waals surface area contributed by atoms with Crippen molar-refractivity contribution in [1.29, 1.82) is 0 Å². The SMILES string of the molecule is Cc1ccc(S(=O)(=O)NCC2CCN(Cc3ccccc3Cl)CC2)c([N+](=O)[O-])c1. The Kier molecular flexibility index (Phi) is 6.89. The topological polar surface area (TPSA) is 92.6 Å². The lowest BCUT2D eigenvalue weighted by Gasteiger charge is -2.32. The second-order valence-electron chi connectivity index (χ2n) is 7.39. The molecule has 3 rings (SSSR count). The van der Waals surface area contributed by atoms with Crippen LogP contribution in [0.15, 0.2) is 47.4 Å². The largest absolute Gasteiger partial charge is 0.299 e. The minimum atomic E-state index is -3.94. The van der Waals surface area contributed by atoms with E-state index in [4.69, 9.17) is 11.6 Å². The zero-order chi connectivity index (χ0) is 21.0. The summed E-state index contributed by atoms with van der Waals surface area (Å²) in [7, 11) is -3.94. The molecule has 2 aromatic carbocycles. The van der Waals surface area contributed by atoms with E-state index in [9.17, 15) is 18.5 Å². The van der Waals surface area contributed by atoms with E-state index >= 15 is 0 Å². The Morgan fingerprint density at radius 2 is 1.90 bits per heavy atom.